The smallest absolute Gasteiger partial charge is 0.310 e. The monoisotopic (exact) mass is 556 g/mol. The van der Waals surface area contributed by atoms with Crippen molar-refractivity contribution in [3.8, 4) is 0 Å². The molecule has 5 rings (SSSR count). The average molecular weight is 557 g/mol. The van der Waals surface area contributed by atoms with Crippen LogP contribution in [0.25, 0.3) is 0 Å². The van der Waals surface area contributed by atoms with Crippen molar-refractivity contribution in [1.29, 1.82) is 0 Å². The summed E-state index contributed by atoms with van der Waals surface area (Å²) in [4.78, 5) is 36.9. The van der Waals surface area contributed by atoms with E-state index >= 15 is 0 Å². The van der Waals surface area contributed by atoms with Crippen molar-refractivity contribution in [2.24, 2.45) is 50.2 Å². The van der Waals surface area contributed by atoms with Crippen LogP contribution in [0.1, 0.15) is 120 Å². The lowest BCUT2D eigenvalue weighted by atomic mass is 9.33. The topological polar surface area (TPSA) is 89.9 Å². The third-order valence-corrected chi connectivity index (χ3v) is 13.7. The van der Waals surface area contributed by atoms with Crippen molar-refractivity contribution < 1.29 is 29.0 Å². The van der Waals surface area contributed by atoms with Gasteiger partial charge in [-0.25, -0.2) is 0 Å². The lowest BCUT2D eigenvalue weighted by Crippen LogP contribution is -2.66. The van der Waals surface area contributed by atoms with E-state index in [1.54, 1.807) is 0 Å². The van der Waals surface area contributed by atoms with Crippen molar-refractivity contribution >= 4 is 17.9 Å². The quantitative estimate of drug-likeness (QED) is 0.288. The Morgan fingerprint density at radius 1 is 0.875 bits per heavy atom. The van der Waals surface area contributed by atoms with E-state index in [4.69, 9.17) is 9.47 Å². The Labute approximate surface area is 241 Å². The molecular weight excluding hydrogens is 504 g/mol. The van der Waals surface area contributed by atoms with E-state index in [0.29, 0.717) is 5.92 Å². The summed E-state index contributed by atoms with van der Waals surface area (Å²) in [6.45, 7) is 17.4. The van der Waals surface area contributed by atoms with Gasteiger partial charge in [-0.05, 0) is 104 Å². The number of allylic oxidation sites excluding steroid dienone is 2. The van der Waals surface area contributed by atoms with Gasteiger partial charge in [-0.3, -0.25) is 14.4 Å². The van der Waals surface area contributed by atoms with Crippen molar-refractivity contribution in [3.63, 3.8) is 0 Å². The van der Waals surface area contributed by atoms with Crippen LogP contribution in [0.3, 0.4) is 0 Å². The molecule has 0 aromatic carbocycles. The first kappa shape index (κ1) is 29.6. The van der Waals surface area contributed by atoms with Gasteiger partial charge in [0, 0.05) is 19.3 Å². The zero-order valence-corrected chi connectivity index (χ0v) is 26.2. The lowest BCUT2D eigenvalue weighted by Gasteiger charge is -2.71. The van der Waals surface area contributed by atoms with E-state index in [1.165, 1.54) is 19.4 Å². The number of carboxylic acid groups (broad SMARTS) is 1. The van der Waals surface area contributed by atoms with Crippen LogP contribution in [0.15, 0.2) is 11.6 Å². The molecule has 0 amide bonds. The largest absolute Gasteiger partial charge is 0.481 e. The fourth-order valence-corrected chi connectivity index (χ4v) is 11.3. The van der Waals surface area contributed by atoms with Gasteiger partial charge >= 0.3 is 17.9 Å². The van der Waals surface area contributed by atoms with Gasteiger partial charge in [-0.2, -0.15) is 0 Å². The molecule has 40 heavy (non-hydrogen) atoms. The molecule has 0 aliphatic heterocycles. The van der Waals surface area contributed by atoms with E-state index in [9.17, 15) is 19.5 Å². The summed E-state index contributed by atoms with van der Waals surface area (Å²) in [5, 5.41) is 10.6. The molecule has 5 aliphatic carbocycles. The Kier molecular flexibility index (Phi) is 6.91. The molecule has 9 unspecified atom stereocenters. The molecule has 0 aromatic rings. The minimum absolute atomic E-state index is 0.00322. The van der Waals surface area contributed by atoms with E-state index in [1.807, 2.05) is 0 Å². The summed E-state index contributed by atoms with van der Waals surface area (Å²) in [6.07, 6.45) is 11.3. The summed E-state index contributed by atoms with van der Waals surface area (Å²) in [5.74, 6) is -0.386. The molecular formula is C34H52O6. The Balaban J connectivity index is 1.56. The second kappa shape index (κ2) is 9.33. The number of carboxylic acids is 1. The fraction of sp³-hybridized carbons (Fsp3) is 0.853. The normalized spacial score (nSPS) is 47.4. The number of hydrogen-bond donors (Lipinski definition) is 1. The van der Waals surface area contributed by atoms with Crippen molar-refractivity contribution in [3.05, 3.63) is 11.6 Å². The van der Waals surface area contributed by atoms with Gasteiger partial charge in [-0.1, -0.05) is 53.2 Å². The predicted octanol–water partition coefficient (Wildman–Crippen LogP) is 7.35. The minimum atomic E-state index is -0.629. The molecule has 4 saturated carbocycles. The molecule has 0 radical (unpaired) electrons. The molecule has 6 nitrogen and oxygen atoms in total. The Morgan fingerprint density at radius 2 is 1.55 bits per heavy atom. The lowest BCUT2D eigenvalue weighted by molar-refractivity contribution is -0.226. The van der Waals surface area contributed by atoms with Gasteiger partial charge in [0.05, 0.1) is 5.41 Å². The number of esters is 2. The number of carbonyl (C=O) groups excluding carboxylic acids is 2. The SMILES string of the molecule is CC(=O)OCC1(C)C(OC(C)=O)CCC2(C)C1CCC1(C)C2CC=C2C3CC(C)(C)CCC3(C(=O)O)CCC21C. The molecule has 0 aromatic heterocycles. The molecule has 0 spiro atoms. The highest BCUT2D eigenvalue weighted by molar-refractivity contribution is 5.76. The highest BCUT2D eigenvalue weighted by atomic mass is 16.6. The van der Waals surface area contributed by atoms with Crippen LogP contribution in [0.2, 0.25) is 0 Å². The average Bonchev–Trinajstić information content (AvgIpc) is 2.84. The van der Waals surface area contributed by atoms with Gasteiger partial charge in [-0.15, -0.1) is 0 Å². The van der Waals surface area contributed by atoms with Crippen LogP contribution >= 0.6 is 0 Å². The zero-order chi connectivity index (χ0) is 29.5. The standard InChI is InChI=1S/C34H52O6/c1-21(35)39-20-31(6)25-11-14-33(8)26(30(25,5)13-12-27(31)40-22(2)36)10-9-23-24-19-29(3,4)15-17-34(24,28(37)38)18-16-32(23,33)7/h9,24-27H,10-20H2,1-8H3,(H,37,38). The summed E-state index contributed by atoms with van der Waals surface area (Å²) >= 11 is 0. The number of rotatable bonds is 4. The van der Waals surface area contributed by atoms with Crippen LogP contribution in [0, 0.1) is 50.2 Å². The number of ether oxygens (including phenoxy) is 2. The first-order valence-electron chi connectivity index (χ1n) is 15.7. The summed E-state index contributed by atoms with van der Waals surface area (Å²) in [6, 6.07) is 0. The first-order chi connectivity index (χ1) is 18.5. The molecule has 224 valence electrons. The van der Waals surface area contributed by atoms with Gasteiger partial charge in [0.15, 0.2) is 0 Å². The Hall–Kier alpha value is -1.85. The van der Waals surface area contributed by atoms with Crippen molar-refractivity contribution in [2.75, 3.05) is 6.61 Å². The third-order valence-electron chi connectivity index (χ3n) is 13.7. The van der Waals surface area contributed by atoms with E-state index in [-0.39, 0.29) is 58.1 Å². The Bertz CT molecular complexity index is 1120. The van der Waals surface area contributed by atoms with Crippen LogP contribution in [0.5, 0.6) is 0 Å². The van der Waals surface area contributed by atoms with Crippen molar-refractivity contribution in [1.82, 2.24) is 0 Å². The molecule has 6 heteroatoms. The molecule has 9 atom stereocenters. The summed E-state index contributed by atoms with van der Waals surface area (Å²) in [5.41, 5.74) is 0.510. The molecule has 4 fully saturated rings. The van der Waals surface area contributed by atoms with E-state index in [2.05, 4.69) is 47.6 Å². The maximum absolute atomic E-state index is 12.9. The molecule has 1 N–H and O–H groups in total. The van der Waals surface area contributed by atoms with Crippen LogP contribution in [-0.2, 0) is 23.9 Å². The van der Waals surface area contributed by atoms with Crippen LogP contribution in [-0.4, -0.2) is 35.7 Å². The highest BCUT2D eigenvalue weighted by Gasteiger charge is 2.70. The van der Waals surface area contributed by atoms with Crippen molar-refractivity contribution in [2.45, 2.75) is 126 Å². The third kappa shape index (κ3) is 4.04. The van der Waals surface area contributed by atoms with Crippen LogP contribution < -0.4 is 0 Å². The number of carbonyl (C=O) groups is 3. The second-order valence-corrected chi connectivity index (χ2v) is 16.1. The van der Waals surface area contributed by atoms with E-state index < -0.39 is 16.8 Å². The second-order valence-electron chi connectivity index (χ2n) is 16.1. The maximum atomic E-state index is 12.9. The Morgan fingerprint density at radius 3 is 2.17 bits per heavy atom. The predicted molar refractivity (Wildman–Crippen MR) is 153 cm³/mol. The molecule has 0 saturated heterocycles. The summed E-state index contributed by atoms with van der Waals surface area (Å²) < 4.78 is 11.6. The highest BCUT2D eigenvalue weighted by Crippen LogP contribution is 2.76. The first-order valence-corrected chi connectivity index (χ1v) is 15.7. The number of aliphatic carboxylic acids is 1. The van der Waals surface area contributed by atoms with Gasteiger partial charge in [0.25, 0.3) is 0 Å². The molecule has 0 bridgehead atoms. The van der Waals surface area contributed by atoms with Gasteiger partial charge in [0.1, 0.15) is 12.7 Å². The minimum Gasteiger partial charge on any atom is -0.481 e. The maximum Gasteiger partial charge on any atom is 0.310 e. The number of hydrogen-bond acceptors (Lipinski definition) is 5. The van der Waals surface area contributed by atoms with E-state index in [0.717, 1.165) is 64.2 Å². The number of fused-ring (bicyclic) bond motifs is 7. The fourth-order valence-electron chi connectivity index (χ4n) is 11.3. The molecule has 5 aliphatic rings. The zero-order valence-electron chi connectivity index (χ0n) is 26.2. The van der Waals surface area contributed by atoms with Gasteiger partial charge in [0.2, 0.25) is 0 Å². The van der Waals surface area contributed by atoms with Crippen LogP contribution in [0.4, 0.5) is 0 Å². The van der Waals surface area contributed by atoms with Gasteiger partial charge < -0.3 is 14.6 Å². The summed E-state index contributed by atoms with van der Waals surface area (Å²) in [7, 11) is 0. The molecule has 0 heterocycles.